The van der Waals surface area contributed by atoms with Crippen molar-refractivity contribution < 1.29 is 9.67 Å². The van der Waals surface area contributed by atoms with Gasteiger partial charge in [-0.2, -0.15) is 0 Å². The summed E-state index contributed by atoms with van der Waals surface area (Å²) in [7, 11) is 0. The summed E-state index contributed by atoms with van der Waals surface area (Å²) < 4.78 is 2.17. The summed E-state index contributed by atoms with van der Waals surface area (Å²) in [5, 5.41) is 9.77. The van der Waals surface area contributed by atoms with Gasteiger partial charge in [0.15, 0.2) is 17.1 Å². The molecule has 2 N–H and O–H groups in total. The van der Waals surface area contributed by atoms with Crippen molar-refractivity contribution in [2.24, 2.45) is 5.92 Å². The monoisotopic (exact) mass is 219 g/mol. The number of aromatic nitrogens is 2. The number of fused-ring (bicyclic) bond motifs is 1. The van der Waals surface area contributed by atoms with E-state index < -0.39 is 6.10 Å². The van der Waals surface area contributed by atoms with E-state index >= 15 is 0 Å². The molecule has 0 saturated heterocycles. The fourth-order valence-electron chi connectivity index (χ4n) is 2.04. The van der Waals surface area contributed by atoms with Crippen LogP contribution in [-0.2, 0) is 6.54 Å². The second-order valence-corrected chi connectivity index (χ2v) is 4.71. The van der Waals surface area contributed by atoms with Gasteiger partial charge in [-0.25, -0.2) is 9.55 Å². The number of imidazole rings is 1. The second-order valence-electron chi connectivity index (χ2n) is 4.71. The van der Waals surface area contributed by atoms with Crippen LogP contribution in [0.15, 0.2) is 24.3 Å². The standard InChI is InChI=1S/C13H18N2O/c1-9(2)8-15-12-7-5-4-6-11(12)14-13(15)10(3)16/h4-7,9-10,16H,8H2,1-3H3/p+1. The smallest absolute Gasteiger partial charge is 0.284 e. The topological polar surface area (TPSA) is 39.9 Å². The van der Waals surface area contributed by atoms with E-state index in [0.29, 0.717) is 5.92 Å². The number of nitrogens with one attached hydrogen (secondary N) is 1. The van der Waals surface area contributed by atoms with Gasteiger partial charge in [0.1, 0.15) is 0 Å². The Hall–Kier alpha value is -1.35. The number of aliphatic hydroxyl groups excluding tert-OH is 1. The summed E-state index contributed by atoms with van der Waals surface area (Å²) in [6.07, 6.45) is -0.467. The molecule has 1 heterocycles. The zero-order valence-corrected chi connectivity index (χ0v) is 10.1. The number of hydrogen-bond acceptors (Lipinski definition) is 1. The van der Waals surface area contributed by atoms with Crippen LogP contribution in [0.25, 0.3) is 11.0 Å². The Balaban J connectivity index is 2.60. The zero-order valence-electron chi connectivity index (χ0n) is 10.1. The van der Waals surface area contributed by atoms with E-state index in [0.717, 1.165) is 23.4 Å². The first kappa shape index (κ1) is 11.1. The molecule has 0 saturated carbocycles. The predicted octanol–water partition coefficient (Wildman–Crippen LogP) is 2.16. The van der Waals surface area contributed by atoms with Gasteiger partial charge in [0.2, 0.25) is 0 Å². The van der Waals surface area contributed by atoms with Crippen LogP contribution in [0.5, 0.6) is 0 Å². The lowest BCUT2D eigenvalue weighted by molar-refractivity contribution is -0.687. The average Bonchev–Trinajstić information content (AvgIpc) is 2.57. The van der Waals surface area contributed by atoms with Gasteiger partial charge in [-0.1, -0.05) is 26.0 Å². The Kier molecular flexibility index (Phi) is 2.97. The van der Waals surface area contributed by atoms with Crippen molar-refractivity contribution >= 4 is 11.0 Å². The largest absolute Gasteiger partial charge is 0.381 e. The molecular weight excluding hydrogens is 200 g/mol. The third-order valence-corrected chi connectivity index (χ3v) is 2.69. The van der Waals surface area contributed by atoms with Crippen LogP contribution in [0.1, 0.15) is 32.7 Å². The van der Waals surface area contributed by atoms with Crippen molar-refractivity contribution in [3.05, 3.63) is 30.1 Å². The van der Waals surface area contributed by atoms with Crippen LogP contribution in [0.3, 0.4) is 0 Å². The molecule has 1 atom stereocenters. The molecule has 0 bridgehead atoms. The minimum absolute atomic E-state index is 0.467. The number of rotatable bonds is 3. The molecule has 1 unspecified atom stereocenters. The molecule has 86 valence electrons. The second kappa shape index (κ2) is 4.26. The first-order chi connectivity index (χ1) is 7.59. The van der Waals surface area contributed by atoms with Crippen molar-refractivity contribution in [3.63, 3.8) is 0 Å². The van der Waals surface area contributed by atoms with Crippen molar-refractivity contribution in [1.82, 2.24) is 4.98 Å². The first-order valence-electron chi connectivity index (χ1n) is 5.78. The third kappa shape index (κ3) is 1.95. The van der Waals surface area contributed by atoms with Gasteiger partial charge < -0.3 is 5.11 Å². The van der Waals surface area contributed by atoms with Crippen molar-refractivity contribution in [1.29, 1.82) is 0 Å². The average molecular weight is 219 g/mol. The highest BCUT2D eigenvalue weighted by atomic mass is 16.3. The Morgan fingerprint density at radius 2 is 1.94 bits per heavy atom. The molecule has 0 aliphatic carbocycles. The highest BCUT2D eigenvalue weighted by molar-refractivity contribution is 5.71. The highest BCUT2D eigenvalue weighted by Crippen LogP contribution is 2.14. The molecule has 0 radical (unpaired) electrons. The lowest BCUT2D eigenvalue weighted by atomic mass is 10.2. The maximum absolute atomic E-state index is 9.77. The summed E-state index contributed by atoms with van der Waals surface area (Å²) >= 11 is 0. The van der Waals surface area contributed by atoms with Crippen LogP contribution in [0.2, 0.25) is 0 Å². The molecule has 1 aromatic heterocycles. The highest BCUT2D eigenvalue weighted by Gasteiger charge is 2.22. The number of aromatic amines is 1. The van der Waals surface area contributed by atoms with E-state index in [4.69, 9.17) is 0 Å². The quantitative estimate of drug-likeness (QED) is 0.763. The van der Waals surface area contributed by atoms with E-state index in [-0.39, 0.29) is 0 Å². The van der Waals surface area contributed by atoms with Gasteiger partial charge in [0, 0.05) is 0 Å². The fourth-order valence-corrected chi connectivity index (χ4v) is 2.04. The maximum atomic E-state index is 9.77. The minimum Gasteiger partial charge on any atom is -0.381 e. The predicted molar refractivity (Wildman–Crippen MR) is 64.0 cm³/mol. The Bertz CT molecular complexity index is 486. The van der Waals surface area contributed by atoms with E-state index in [1.165, 1.54) is 0 Å². The Morgan fingerprint density at radius 3 is 2.56 bits per heavy atom. The molecule has 3 heteroatoms. The first-order valence-corrected chi connectivity index (χ1v) is 5.78. The lowest BCUT2D eigenvalue weighted by Gasteiger charge is -2.06. The Morgan fingerprint density at radius 1 is 1.25 bits per heavy atom. The van der Waals surface area contributed by atoms with Crippen LogP contribution >= 0.6 is 0 Å². The van der Waals surface area contributed by atoms with Crippen molar-refractivity contribution in [2.45, 2.75) is 33.4 Å². The van der Waals surface area contributed by atoms with Gasteiger partial charge in [0.05, 0.1) is 6.54 Å². The minimum atomic E-state index is -0.467. The number of para-hydroxylation sites is 2. The molecule has 0 aliphatic rings. The molecule has 16 heavy (non-hydrogen) atoms. The molecule has 3 nitrogen and oxygen atoms in total. The van der Waals surface area contributed by atoms with Gasteiger partial charge in [-0.05, 0) is 25.0 Å². The third-order valence-electron chi connectivity index (χ3n) is 2.69. The van der Waals surface area contributed by atoms with E-state index in [2.05, 4.69) is 29.5 Å². The number of nitrogens with zero attached hydrogens (tertiary/aromatic N) is 1. The van der Waals surface area contributed by atoms with E-state index in [1.54, 1.807) is 6.92 Å². The van der Waals surface area contributed by atoms with Gasteiger partial charge in [-0.3, -0.25) is 0 Å². The van der Waals surface area contributed by atoms with Crippen molar-refractivity contribution in [3.8, 4) is 0 Å². The zero-order chi connectivity index (χ0) is 11.7. The van der Waals surface area contributed by atoms with Crippen LogP contribution < -0.4 is 4.57 Å². The summed E-state index contributed by atoms with van der Waals surface area (Å²) in [4.78, 5) is 3.28. The summed E-state index contributed by atoms with van der Waals surface area (Å²) in [5.74, 6) is 1.44. The molecular formula is C13H19N2O+. The molecule has 2 aromatic rings. The number of aliphatic hydroxyl groups is 1. The Labute approximate surface area is 95.7 Å². The van der Waals surface area contributed by atoms with Gasteiger partial charge in [0.25, 0.3) is 5.82 Å². The van der Waals surface area contributed by atoms with Gasteiger partial charge >= 0.3 is 0 Å². The van der Waals surface area contributed by atoms with Crippen LogP contribution in [-0.4, -0.2) is 10.1 Å². The summed E-state index contributed by atoms with van der Waals surface area (Å²) in [6.45, 7) is 7.08. The van der Waals surface area contributed by atoms with Gasteiger partial charge in [-0.15, -0.1) is 0 Å². The molecule has 0 aliphatic heterocycles. The molecule has 1 aromatic carbocycles. The van der Waals surface area contributed by atoms with Crippen LogP contribution in [0.4, 0.5) is 0 Å². The molecule has 0 spiro atoms. The normalized spacial score (nSPS) is 13.6. The molecule has 0 fully saturated rings. The van der Waals surface area contributed by atoms with Crippen molar-refractivity contribution in [2.75, 3.05) is 0 Å². The SMILES string of the molecule is CC(C)C[n+]1c(C(C)O)[nH]c2ccccc21. The maximum Gasteiger partial charge on any atom is 0.284 e. The number of hydrogen-bond donors (Lipinski definition) is 2. The number of benzene rings is 1. The number of H-pyrrole nitrogens is 1. The summed E-state index contributed by atoms with van der Waals surface area (Å²) in [5.41, 5.74) is 2.24. The van der Waals surface area contributed by atoms with E-state index in [1.807, 2.05) is 18.2 Å². The summed E-state index contributed by atoms with van der Waals surface area (Å²) in [6, 6.07) is 8.15. The molecule has 0 amide bonds. The fraction of sp³-hybridized carbons (Fsp3) is 0.462. The molecule has 2 rings (SSSR count). The van der Waals surface area contributed by atoms with Crippen LogP contribution in [0, 0.1) is 5.92 Å². The lowest BCUT2D eigenvalue weighted by Crippen LogP contribution is -2.40. The van der Waals surface area contributed by atoms with E-state index in [9.17, 15) is 5.11 Å².